The lowest BCUT2D eigenvalue weighted by Crippen LogP contribution is -1.98. The molecule has 0 fully saturated rings. The Hall–Kier alpha value is -1.31. The minimum Gasteiger partial charge on any atom is -0.435 e. The number of hydrogen-bond acceptors (Lipinski definition) is 2. The maximum absolute atomic E-state index is 11.5. The van der Waals surface area contributed by atoms with Gasteiger partial charge in [0.2, 0.25) is 0 Å². The Kier molecular flexibility index (Phi) is 19.6. The van der Waals surface area contributed by atoms with Crippen molar-refractivity contribution >= 4 is 5.97 Å². The highest BCUT2D eigenvalue weighted by atomic mass is 16.5. The van der Waals surface area contributed by atoms with Crippen molar-refractivity contribution in [3.05, 3.63) is 36.6 Å². The lowest BCUT2D eigenvalue weighted by molar-refractivity contribution is -0.138. The Balaban J connectivity index is 3.30. The van der Waals surface area contributed by atoms with Crippen molar-refractivity contribution in [2.45, 2.75) is 104 Å². The molecular weight excluding hydrogens is 308 g/mol. The number of unbranched alkanes of at least 4 members (excludes halogenated alkanes) is 9. The van der Waals surface area contributed by atoms with Gasteiger partial charge in [-0.1, -0.05) is 76.7 Å². The van der Waals surface area contributed by atoms with Crippen LogP contribution >= 0.6 is 0 Å². The zero-order chi connectivity index (χ0) is 18.4. The van der Waals surface area contributed by atoms with Gasteiger partial charge in [-0.15, -0.1) is 0 Å². The van der Waals surface area contributed by atoms with Crippen molar-refractivity contribution in [3.63, 3.8) is 0 Å². The molecule has 0 N–H and O–H groups in total. The molecule has 0 saturated heterocycles. The van der Waals surface area contributed by atoms with E-state index in [9.17, 15) is 4.79 Å². The van der Waals surface area contributed by atoms with Crippen molar-refractivity contribution in [2.75, 3.05) is 0 Å². The molecule has 25 heavy (non-hydrogen) atoms. The van der Waals surface area contributed by atoms with Gasteiger partial charge in [-0.05, 0) is 51.0 Å². The van der Waals surface area contributed by atoms with E-state index < -0.39 is 0 Å². The molecule has 0 aliphatic carbocycles. The predicted molar refractivity (Wildman–Crippen MR) is 109 cm³/mol. The van der Waals surface area contributed by atoms with Gasteiger partial charge in [0.25, 0.3) is 0 Å². The fourth-order valence-corrected chi connectivity index (χ4v) is 2.50. The molecule has 0 aromatic heterocycles. The first-order chi connectivity index (χ1) is 12.3. The third-order valence-corrected chi connectivity index (χ3v) is 4.08. The van der Waals surface area contributed by atoms with Crippen LogP contribution in [0.3, 0.4) is 0 Å². The van der Waals surface area contributed by atoms with Gasteiger partial charge < -0.3 is 4.74 Å². The summed E-state index contributed by atoms with van der Waals surface area (Å²) >= 11 is 0. The molecule has 0 aromatic rings. The van der Waals surface area contributed by atoms with Crippen LogP contribution in [0.25, 0.3) is 0 Å². The standard InChI is InChI=1S/C23H40O2/c1-3-5-7-8-9-10-11-12-13-14-15-16-17-18-19-21-23(24)25-22-20-6-4-2/h9-10,12-13,20,22H,3-8,11,14-19,21H2,1-2H3/b10-9-,13-12-,22-20?. The Labute approximate surface area is 156 Å². The van der Waals surface area contributed by atoms with E-state index >= 15 is 0 Å². The van der Waals surface area contributed by atoms with Crippen LogP contribution in [-0.4, -0.2) is 5.97 Å². The Morgan fingerprint density at radius 1 is 0.680 bits per heavy atom. The van der Waals surface area contributed by atoms with E-state index in [1.54, 1.807) is 6.26 Å². The average molecular weight is 349 g/mol. The second kappa shape index (κ2) is 20.7. The molecule has 0 spiro atoms. The van der Waals surface area contributed by atoms with Gasteiger partial charge in [0.1, 0.15) is 0 Å². The molecule has 2 nitrogen and oxygen atoms in total. The molecule has 0 rings (SSSR count). The maximum atomic E-state index is 11.5. The van der Waals surface area contributed by atoms with E-state index in [0.29, 0.717) is 6.42 Å². The third-order valence-electron chi connectivity index (χ3n) is 4.08. The van der Waals surface area contributed by atoms with E-state index in [2.05, 4.69) is 38.2 Å². The van der Waals surface area contributed by atoms with Crippen LogP contribution in [0, 0.1) is 0 Å². The number of allylic oxidation sites excluding steroid dienone is 5. The van der Waals surface area contributed by atoms with Crippen molar-refractivity contribution in [2.24, 2.45) is 0 Å². The number of hydrogen-bond donors (Lipinski definition) is 0. The summed E-state index contributed by atoms with van der Waals surface area (Å²) in [5, 5.41) is 0. The number of esters is 1. The molecule has 0 heterocycles. The van der Waals surface area contributed by atoms with Crippen molar-refractivity contribution in [3.8, 4) is 0 Å². The minimum absolute atomic E-state index is 0.0990. The number of rotatable bonds is 17. The van der Waals surface area contributed by atoms with Crippen LogP contribution in [0.1, 0.15) is 104 Å². The summed E-state index contributed by atoms with van der Waals surface area (Å²) in [6.45, 7) is 4.35. The van der Waals surface area contributed by atoms with E-state index in [1.165, 1.54) is 51.4 Å². The second-order valence-electron chi connectivity index (χ2n) is 6.63. The fraction of sp³-hybridized carbons (Fsp3) is 0.696. The third kappa shape index (κ3) is 20.6. The van der Waals surface area contributed by atoms with Gasteiger partial charge in [-0.25, -0.2) is 0 Å². The second-order valence-corrected chi connectivity index (χ2v) is 6.63. The molecule has 0 bridgehead atoms. The Bertz CT molecular complexity index is 366. The first kappa shape index (κ1) is 23.7. The lowest BCUT2D eigenvalue weighted by Gasteiger charge is -2.00. The van der Waals surface area contributed by atoms with Crippen LogP contribution in [0.2, 0.25) is 0 Å². The summed E-state index contributed by atoms with van der Waals surface area (Å²) in [5.74, 6) is -0.0990. The smallest absolute Gasteiger partial charge is 0.310 e. The summed E-state index contributed by atoms with van der Waals surface area (Å²) in [6.07, 6.45) is 28.4. The topological polar surface area (TPSA) is 26.3 Å². The summed E-state index contributed by atoms with van der Waals surface area (Å²) in [4.78, 5) is 11.5. The SMILES string of the molecule is CCCC=COC(=O)CCCCCCC/C=C\C/C=C\CCCCC. The van der Waals surface area contributed by atoms with Crippen molar-refractivity contribution in [1.82, 2.24) is 0 Å². The summed E-state index contributed by atoms with van der Waals surface area (Å²) in [7, 11) is 0. The Morgan fingerprint density at radius 3 is 2.00 bits per heavy atom. The van der Waals surface area contributed by atoms with Crippen LogP contribution in [0.5, 0.6) is 0 Å². The highest BCUT2D eigenvalue weighted by molar-refractivity contribution is 5.69. The van der Waals surface area contributed by atoms with E-state index in [1.807, 2.05) is 6.08 Å². The number of carbonyl (C=O) groups is 1. The van der Waals surface area contributed by atoms with Crippen LogP contribution in [0.4, 0.5) is 0 Å². The van der Waals surface area contributed by atoms with Gasteiger partial charge >= 0.3 is 5.97 Å². The van der Waals surface area contributed by atoms with Crippen molar-refractivity contribution < 1.29 is 9.53 Å². The van der Waals surface area contributed by atoms with E-state index in [0.717, 1.165) is 32.1 Å². The molecule has 0 radical (unpaired) electrons. The number of carbonyl (C=O) groups excluding carboxylic acids is 1. The molecular formula is C23H40O2. The van der Waals surface area contributed by atoms with Crippen LogP contribution < -0.4 is 0 Å². The van der Waals surface area contributed by atoms with Crippen LogP contribution in [0.15, 0.2) is 36.6 Å². The normalized spacial score (nSPS) is 11.9. The molecule has 144 valence electrons. The van der Waals surface area contributed by atoms with Gasteiger partial charge in [-0.3, -0.25) is 4.79 Å². The van der Waals surface area contributed by atoms with E-state index in [4.69, 9.17) is 4.74 Å². The van der Waals surface area contributed by atoms with Gasteiger partial charge in [0.15, 0.2) is 0 Å². The summed E-state index contributed by atoms with van der Waals surface area (Å²) in [5.41, 5.74) is 0. The quantitative estimate of drug-likeness (QED) is 0.117. The lowest BCUT2D eigenvalue weighted by atomic mass is 10.1. The zero-order valence-electron chi connectivity index (χ0n) is 16.7. The highest BCUT2D eigenvalue weighted by Crippen LogP contribution is 2.09. The zero-order valence-corrected chi connectivity index (χ0v) is 16.7. The van der Waals surface area contributed by atoms with Crippen molar-refractivity contribution in [1.29, 1.82) is 0 Å². The first-order valence-corrected chi connectivity index (χ1v) is 10.5. The molecule has 0 aliphatic heterocycles. The fourth-order valence-electron chi connectivity index (χ4n) is 2.50. The van der Waals surface area contributed by atoms with Gasteiger partial charge in [0.05, 0.1) is 6.26 Å². The summed E-state index contributed by atoms with van der Waals surface area (Å²) in [6, 6.07) is 0. The molecule has 2 heteroatoms. The monoisotopic (exact) mass is 348 g/mol. The van der Waals surface area contributed by atoms with Gasteiger partial charge in [-0.2, -0.15) is 0 Å². The Morgan fingerprint density at radius 2 is 1.32 bits per heavy atom. The van der Waals surface area contributed by atoms with Gasteiger partial charge in [0, 0.05) is 6.42 Å². The summed E-state index contributed by atoms with van der Waals surface area (Å²) < 4.78 is 5.03. The average Bonchev–Trinajstić information content (AvgIpc) is 2.62. The largest absolute Gasteiger partial charge is 0.435 e. The first-order valence-electron chi connectivity index (χ1n) is 10.5. The predicted octanol–water partition coefficient (Wildman–Crippen LogP) is 7.66. The molecule has 0 saturated carbocycles. The maximum Gasteiger partial charge on any atom is 0.310 e. The molecule has 0 unspecified atom stereocenters. The minimum atomic E-state index is -0.0990. The molecule has 0 aliphatic rings. The molecule has 0 atom stereocenters. The van der Waals surface area contributed by atoms with Crippen LogP contribution in [-0.2, 0) is 9.53 Å². The molecule has 0 amide bonds. The van der Waals surface area contributed by atoms with E-state index in [-0.39, 0.29) is 5.97 Å². The molecule has 0 aromatic carbocycles. The highest BCUT2D eigenvalue weighted by Gasteiger charge is 2.00. The number of ether oxygens (including phenoxy) is 1.